The van der Waals surface area contributed by atoms with Gasteiger partial charge in [0.15, 0.2) is 5.78 Å². The van der Waals surface area contributed by atoms with Crippen molar-refractivity contribution in [2.75, 3.05) is 95.9 Å². The third kappa shape index (κ3) is 8.61. The number of benzene rings is 2. The molecule has 0 saturated carbocycles. The average Bonchev–Trinajstić information content (AvgIpc) is 3.59. The molecule has 1 aliphatic heterocycles. The van der Waals surface area contributed by atoms with Crippen LogP contribution in [0.2, 0.25) is 0 Å². The number of ether oxygens (including phenoxy) is 5. The number of ketones is 1. The van der Waals surface area contributed by atoms with E-state index in [1.54, 1.807) is 18.2 Å². The SMILES string of the molecule is CN(CCOC(=O)C1=CC=CC1)c1ccc(C2=C([O-])C(c3ccc(N4CCOCCOCCOCCOCC4)cc3)C2=O)cc1. The minimum Gasteiger partial charge on any atom is -0.874 e. The molecular formula is C35H41N2O8-. The monoisotopic (exact) mass is 617 g/mol. The molecule has 1 saturated heterocycles. The summed E-state index contributed by atoms with van der Waals surface area (Å²) in [5.74, 6) is -1.42. The van der Waals surface area contributed by atoms with E-state index in [0.717, 1.165) is 11.4 Å². The van der Waals surface area contributed by atoms with Gasteiger partial charge in [-0.25, -0.2) is 4.79 Å². The van der Waals surface area contributed by atoms with Crippen LogP contribution in [-0.2, 0) is 33.3 Å². The number of rotatable bonds is 8. The quantitative estimate of drug-likeness (QED) is 0.410. The third-order valence-electron chi connectivity index (χ3n) is 8.03. The van der Waals surface area contributed by atoms with Crippen molar-refractivity contribution in [3.63, 3.8) is 0 Å². The molecular weight excluding hydrogens is 576 g/mol. The van der Waals surface area contributed by atoms with Crippen LogP contribution in [0, 0.1) is 0 Å². The second-order valence-corrected chi connectivity index (χ2v) is 11.0. The molecule has 1 atom stereocenters. The van der Waals surface area contributed by atoms with Gasteiger partial charge in [0, 0.05) is 42.7 Å². The summed E-state index contributed by atoms with van der Waals surface area (Å²) in [5, 5.41) is 13.2. The van der Waals surface area contributed by atoms with Crippen LogP contribution in [0.25, 0.3) is 5.57 Å². The van der Waals surface area contributed by atoms with E-state index in [2.05, 4.69) is 4.90 Å². The second-order valence-electron chi connectivity index (χ2n) is 11.0. The van der Waals surface area contributed by atoms with Crippen LogP contribution in [0.3, 0.4) is 0 Å². The number of carbonyl (C=O) groups is 2. The Labute approximate surface area is 264 Å². The fourth-order valence-electron chi connectivity index (χ4n) is 5.38. The first-order chi connectivity index (χ1) is 22.0. The van der Waals surface area contributed by atoms with Crippen molar-refractivity contribution in [3.8, 4) is 0 Å². The Kier molecular flexibility index (Phi) is 11.8. The molecule has 2 aliphatic carbocycles. The zero-order valence-corrected chi connectivity index (χ0v) is 25.8. The molecule has 10 nitrogen and oxygen atoms in total. The van der Waals surface area contributed by atoms with Crippen molar-refractivity contribution in [1.29, 1.82) is 0 Å². The fraction of sp³-hybridized carbons (Fsp3) is 0.429. The van der Waals surface area contributed by atoms with E-state index in [-0.39, 0.29) is 29.7 Å². The van der Waals surface area contributed by atoms with Crippen LogP contribution in [0.1, 0.15) is 23.5 Å². The lowest BCUT2D eigenvalue weighted by molar-refractivity contribution is -0.310. The normalized spacial score (nSPS) is 20.2. The summed E-state index contributed by atoms with van der Waals surface area (Å²) in [6.07, 6.45) is 6.15. The summed E-state index contributed by atoms with van der Waals surface area (Å²) in [7, 11) is 1.90. The summed E-state index contributed by atoms with van der Waals surface area (Å²) in [6, 6.07) is 14.9. The maximum Gasteiger partial charge on any atom is 0.334 e. The molecule has 1 fully saturated rings. The zero-order valence-electron chi connectivity index (χ0n) is 25.8. The predicted octanol–water partition coefficient (Wildman–Crippen LogP) is 2.88. The van der Waals surface area contributed by atoms with Gasteiger partial charge in [0.2, 0.25) is 0 Å². The molecule has 45 heavy (non-hydrogen) atoms. The van der Waals surface area contributed by atoms with Crippen LogP contribution < -0.4 is 14.9 Å². The van der Waals surface area contributed by atoms with Crippen molar-refractivity contribution >= 4 is 28.7 Å². The first kappa shape index (κ1) is 32.4. The number of nitrogens with zero attached hydrogens (tertiary/aromatic N) is 2. The van der Waals surface area contributed by atoms with Crippen LogP contribution in [0.5, 0.6) is 0 Å². The molecule has 0 aromatic heterocycles. The number of hydrogen-bond acceptors (Lipinski definition) is 10. The topological polar surface area (TPSA) is 110 Å². The Morgan fingerprint density at radius 2 is 1.49 bits per heavy atom. The maximum absolute atomic E-state index is 13.2. The molecule has 0 N–H and O–H groups in total. The molecule has 1 heterocycles. The van der Waals surface area contributed by atoms with Gasteiger partial charge in [0.25, 0.3) is 0 Å². The van der Waals surface area contributed by atoms with Gasteiger partial charge >= 0.3 is 5.97 Å². The molecule has 0 bridgehead atoms. The van der Waals surface area contributed by atoms with Crippen LogP contribution in [0.15, 0.2) is 78.1 Å². The van der Waals surface area contributed by atoms with Crippen LogP contribution in [-0.4, -0.2) is 97.9 Å². The van der Waals surface area contributed by atoms with Crippen LogP contribution >= 0.6 is 0 Å². The Morgan fingerprint density at radius 3 is 2.04 bits per heavy atom. The molecule has 0 radical (unpaired) electrons. The molecule has 2 aromatic rings. The van der Waals surface area contributed by atoms with Gasteiger partial charge in [-0.05, 0) is 41.8 Å². The predicted molar refractivity (Wildman–Crippen MR) is 169 cm³/mol. The summed E-state index contributed by atoms with van der Waals surface area (Å²) in [6.45, 7) is 6.34. The van der Waals surface area contributed by atoms with Gasteiger partial charge in [-0.15, -0.1) is 5.76 Å². The number of likely N-dealkylation sites (N-methyl/N-ethyl adjacent to an activating group) is 1. The lowest BCUT2D eigenvalue weighted by atomic mass is 9.75. The van der Waals surface area contributed by atoms with E-state index >= 15 is 0 Å². The molecule has 240 valence electrons. The third-order valence-corrected chi connectivity index (χ3v) is 8.03. The Hall–Kier alpha value is -3.96. The first-order valence-corrected chi connectivity index (χ1v) is 15.5. The number of anilines is 2. The number of allylic oxidation sites excluding steroid dienone is 5. The minimum atomic E-state index is -0.786. The summed E-state index contributed by atoms with van der Waals surface area (Å²) in [5.41, 5.74) is 4.05. The molecule has 0 spiro atoms. The van der Waals surface area contributed by atoms with E-state index in [1.165, 1.54) is 0 Å². The number of esters is 1. The van der Waals surface area contributed by atoms with Crippen molar-refractivity contribution in [2.24, 2.45) is 0 Å². The maximum atomic E-state index is 13.2. The molecule has 0 amide bonds. The van der Waals surface area contributed by atoms with Crippen molar-refractivity contribution in [3.05, 3.63) is 89.2 Å². The lowest BCUT2D eigenvalue weighted by Crippen LogP contribution is -2.35. The Balaban J connectivity index is 1.16. The second kappa shape index (κ2) is 16.4. The first-order valence-electron chi connectivity index (χ1n) is 15.5. The number of carbonyl (C=O) groups excluding carboxylic acids is 2. The number of hydrogen-bond donors (Lipinski definition) is 0. The molecule has 1 unspecified atom stereocenters. The summed E-state index contributed by atoms with van der Waals surface area (Å²) < 4.78 is 27.8. The van der Waals surface area contributed by atoms with Gasteiger partial charge in [-0.2, -0.15) is 0 Å². The average molecular weight is 618 g/mol. The van der Waals surface area contributed by atoms with E-state index in [9.17, 15) is 14.7 Å². The van der Waals surface area contributed by atoms with Gasteiger partial charge in [0.1, 0.15) is 6.61 Å². The van der Waals surface area contributed by atoms with E-state index in [1.807, 2.05) is 60.5 Å². The van der Waals surface area contributed by atoms with Crippen molar-refractivity contribution in [1.82, 2.24) is 0 Å². The largest absolute Gasteiger partial charge is 0.874 e. The van der Waals surface area contributed by atoms with Gasteiger partial charge in [-0.1, -0.05) is 42.5 Å². The standard InChI is InChI=1S/C35H42N2O8/c1-36(14-19-45-35(40)28-4-2-3-5-28)29-10-6-26(7-11-29)31-33(38)32(34(31)39)27-8-12-30(13-9-27)37-15-17-41-20-22-43-24-25-44-23-21-42-18-16-37/h2-4,6-13,32,38H,5,14-25H2,1H3/p-1. The highest BCUT2D eigenvalue weighted by Crippen LogP contribution is 2.42. The van der Waals surface area contributed by atoms with Crippen LogP contribution in [0.4, 0.5) is 11.4 Å². The Bertz CT molecular complexity index is 1370. The summed E-state index contributed by atoms with van der Waals surface area (Å²) >= 11 is 0. The minimum absolute atomic E-state index is 0.170. The molecule has 2 aromatic carbocycles. The summed E-state index contributed by atoms with van der Waals surface area (Å²) in [4.78, 5) is 29.4. The van der Waals surface area contributed by atoms with E-state index in [0.29, 0.717) is 95.6 Å². The highest BCUT2D eigenvalue weighted by atomic mass is 16.6. The van der Waals surface area contributed by atoms with E-state index in [4.69, 9.17) is 23.7 Å². The number of Topliss-reactive ketones (excluding diaryl/α,β-unsaturated/α-hetero) is 1. The van der Waals surface area contributed by atoms with Gasteiger partial charge in [0.05, 0.1) is 65.3 Å². The van der Waals surface area contributed by atoms with Gasteiger partial charge in [-0.3, -0.25) is 4.79 Å². The Morgan fingerprint density at radius 1 is 0.889 bits per heavy atom. The molecule has 5 rings (SSSR count). The highest BCUT2D eigenvalue weighted by Gasteiger charge is 2.35. The lowest BCUT2D eigenvalue weighted by Gasteiger charge is -2.37. The molecule has 3 aliphatic rings. The van der Waals surface area contributed by atoms with E-state index < -0.39 is 5.92 Å². The van der Waals surface area contributed by atoms with Crippen molar-refractivity contribution in [2.45, 2.75) is 12.3 Å². The smallest absolute Gasteiger partial charge is 0.334 e. The van der Waals surface area contributed by atoms with Gasteiger partial charge < -0.3 is 38.6 Å². The zero-order chi connectivity index (χ0) is 31.4. The molecule has 10 heteroatoms. The highest BCUT2D eigenvalue weighted by molar-refractivity contribution is 6.31. The fourth-order valence-corrected chi connectivity index (χ4v) is 5.38. The van der Waals surface area contributed by atoms with Crippen molar-refractivity contribution < 1.29 is 38.4 Å².